The largest absolute Gasteiger partial charge is 0.496 e. The van der Waals surface area contributed by atoms with Crippen molar-refractivity contribution in [1.29, 1.82) is 0 Å². The summed E-state index contributed by atoms with van der Waals surface area (Å²) in [5, 5.41) is 9.47. The van der Waals surface area contributed by atoms with Gasteiger partial charge in [0.05, 0.1) is 19.7 Å². The summed E-state index contributed by atoms with van der Waals surface area (Å²) >= 11 is 0. The first-order chi connectivity index (χ1) is 15.7. The number of guanidine groups is 1. The van der Waals surface area contributed by atoms with Gasteiger partial charge in [0.25, 0.3) is 0 Å². The van der Waals surface area contributed by atoms with E-state index in [9.17, 15) is 4.79 Å². The number of hydrogen-bond acceptors (Lipinski definition) is 4. The van der Waals surface area contributed by atoms with Gasteiger partial charge in [-0.1, -0.05) is 48.5 Å². The summed E-state index contributed by atoms with van der Waals surface area (Å²) < 4.78 is 5.61. The maximum atomic E-state index is 12.2. The van der Waals surface area contributed by atoms with Crippen molar-refractivity contribution >= 4 is 35.8 Å². The highest BCUT2D eigenvalue weighted by Gasteiger charge is 2.26. The molecule has 8 heteroatoms. The molecule has 2 aromatic rings. The van der Waals surface area contributed by atoms with Gasteiger partial charge in [0.2, 0.25) is 5.91 Å². The van der Waals surface area contributed by atoms with E-state index in [0.29, 0.717) is 19.0 Å². The number of nitrogens with zero attached hydrogens (tertiary/aromatic N) is 2. The smallest absolute Gasteiger partial charge is 0.239 e. The summed E-state index contributed by atoms with van der Waals surface area (Å²) in [5.41, 5.74) is 2.38. The zero-order valence-corrected chi connectivity index (χ0v) is 21.9. The molecule has 7 nitrogen and oxygen atoms in total. The molecule has 1 fully saturated rings. The molecule has 180 valence electrons. The van der Waals surface area contributed by atoms with Gasteiger partial charge in [0, 0.05) is 25.7 Å². The molecule has 3 rings (SSSR count). The number of hydrogen-bond donors (Lipinski definition) is 3. The number of carbonyl (C=O) groups is 1. The number of para-hydroxylation sites is 1. The zero-order valence-electron chi connectivity index (χ0n) is 19.5. The minimum absolute atomic E-state index is 0. The summed E-state index contributed by atoms with van der Waals surface area (Å²) in [6.07, 6.45) is 3.24. The Labute approximate surface area is 214 Å². The Balaban J connectivity index is 0.00000385. The number of carbonyl (C=O) groups excluding carboxylic acids is 1. The van der Waals surface area contributed by atoms with Gasteiger partial charge in [0.1, 0.15) is 5.75 Å². The van der Waals surface area contributed by atoms with Crippen LogP contribution in [0.5, 0.6) is 5.75 Å². The van der Waals surface area contributed by atoms with E-state index < -0.39 is 0 Å². The Hall–Kier alpha value is -2.33. The first-order valence-corrected chi connectivity index (χ1v) is 11.3. The van der Waals surface area contributed by atoms with Gasteiger partial charge in [-0.2, -0.15) is 0 Å². The number of nitrogens with one attached hydrogen (secondary N) is 3. The van der Waals surface area contributed by atoms with Crippen molar-refractivity contribution in [2.45, 2.75) is 25.3 Å². The van der Waals surface area contributed by atoms with E-state index in [1.165, 1.54) is 24.0 Å². The number of ether oxygens (including phenoxy) is 1. The van der Waals surface area contributed by atoms with Gasteiger partial charge in [0.15, 0.2) is 5.96 Å². The Bertz CT molecular complexity index is 872. The second-order valence-corrected chi connectivity index (χ2v) is 7.89. The average molecular weight is 566 g/mol. The highest BCUT2D eigenvalue weighted by Crippen LogP contribution is 2.31. The predicted octanol–water partition coefficient (Wildman–Crippen LogP) is 2.97. The van der Waals surface area contributed by atoms with Crippen LogP contribution in [0.3, 0.4) is 0 Å². The summed E-state index contributed by atoms with van der Waals surface area (Å²) in [6, 6.07) is 18.5. The predicted molar refractivity (Wildman–Crippen MR) is 144 cm³/mol. The first-order valence-electron chi connectivity index (χ1n) is 11.3. The fourth-order valence-electron chi connectivity index (χ4n) is 4.06. The van der Waals surface area contributed by atoms with Crippen LogP contribution in [-0.4, -0.2) is 63.6 Å². The summed E-state index contributed by atoms with van der Waals surface area (Å²) in [6.45, 7) is 3.61. The molecule has 3 N–H and O–H groups in total. The van der Waals surface area contributed by atoms with Gasteiger partial charge in [-0.25, -0.2) is 0 Å². The van der Waals surface area contributed by atoms with E-state index in [0.717, 1.165) is 25.3 Å². The normalized spacial score (nSPS) is 14.8. The van der Waals surface area contributed by atoms with E-state index in [1.54, 1.807) is 14.2 Å². The fraction of sp³-hybridized carbons (Fsp3) is 0.440. The highest BCUT2D eigenvalue weighted by molar-refractivity contribution is 14.0. The lowest BCUT2D eigenvalue weighted by molar-refractivity contribution is -0.119. The van der Waals surface area contributed by atoms with Gasteiger partial charge >= 0.3 is 0 Å². The molecule has 0 aromatic heterocycles. The van der Waals surface area contributed by atoms with Crippen molar-refractivity contribution < 1.29 is 9.53 Å². The van der Waals surface area contributed by atoms with Gasteiger partial charge in [-0.3, -0.25) is 14.7 Å². The highest BCUT2D eigenvalue weighted by atomic mass is 127. The molecule has 0 aliphatic carbocycles. The van der Waals surface area contributed by atoms with Gasteiger partial charge < -0.3 is 20.7 Å². The number of aliphatic imine (C=N–C) groups is 1. The van der Waals surface area contributed by atoms with Crippen LogP contribution >= 0.6 is 24.0 Å². The van der Waals surface area contributed by atoms with Crippen LogP contribution in [-0.2, 0) is 11.2 Å². The molecule has 0 spiro atoms. The zero-order chi connectivity index (χ0) is 22.6. The molecule has 1 heterocycles. The van der Waals surface area contributed by atoms with Crippen molar-refractivity contribution in [3.05, 3.63) is 65.7 Å². The molecule has 33 heavy (non-hydrogen) atoms. The van der Waals surface area contributed by atoms with E-state index in [-0.39, 0.29) is 42.5 Å². The maximum Gasteiger partial charge on any atom is 0.239 e. The lowest BCUT2D eigenvalue weighted by atomic mass is 10.0. The Morgan fingerprint density at radius 1 is 1.03 bits per heavy atom. The minimum Gasteiger partial charge on any atom is -0.496 e. The lowest BCUT2D eigenvalue weighted by Crippen LogP contribution is -2.46. The number of methoxy groups -OCH3 is 1. The number of likely N-dealkylation sites (tertiary alicyclic amines) is 1. The lowest BCUT2D eigenvalue weighted by Gasteiger charge is -2.30. The van der Waals surface area contributed by atoms with Crippen LogP contribution in [0.2, 0.25) is 0 Å². The molecule has 2 aromatic carbocycles. The monoisotopic (exact) mass is 565 g/mol. The first kappa shape index (κ1) is 26.9. The quantitative estimate of drug-likeness (QED) is 0.235. The molecule has 1 amide bonds. The van der Waals surface area contributed by atoms with Crippen molar-refractivity contribution in [2.24, 2.45) is 4.99 Å². The van der Waals surface area contributed by atoms with Gasteiger partial charge in [-0.05, 0) is 44.0 Å². The second-order valence-electron chi connectivity index (χ2n) is 7.89. The summed E-state index contributed by atoms with van der Waals surface area (Å²) in [5.74, 6) is 1.46. The van der Waals surface area contributed by atoms with Crippen molar-refractivity contribution in [3.8, 4) is 5.75 Å². The van der Waals surface area contributed by atoms with Crippen molar-refractivity contribution in [3.63, 3.8) is 0 Å². The summed E-state index contributed by atoms with van der Waals surface area (Å²) in [7, 11) is 3.43. The third kappa shape index (κ3) is 8.51. The number of halogens is 1. The molecule has 0 bridgehead atoms. The van der Waals surface area contributed by atoms with Crippen LogP contribution in [0.15, 0.2) is 59.6 Å². The molecule has 0 saturated carbocycles. The topological polar surface area (TPSA) is 78.0 Å². The SMILES string of the molecule is CN=C(NCC(=O)NCCc1ccccc1)NCC(c1ccccc1OC)N1CCCC1.I. The second kappa shape index (κ2) is 14.7. The van der Waals surface area contributed by atoms with Crippen LogP contribution in [0.4, 0.5) is 0 Å². The van der Waals surface area contributed by atoms with Crippen LogP contribution < -0.4 is 20.7 Å². The molecule has 1 saturated heterocycles. The maximum absolute atomic E-state index is 12.2. The molecule has 1 atom stereocenters. The van der Waals surface area contributed by atoms with Crippen molar-refractivity contribution in [1.82, 2.24) is 20.9 Å². The number of rotatable bonds is 10. The van der Waals surface area contributed by atoms with Crippen molar-refractivity contribution in [2.75, 3.05) is 46.9 Å². The number of benzene rings is 2. The molecular formula is C25H36IN5O2. The van der Waals surface area contributed by atoms with Crippen LogP contribution in [0.25, 0.3) is 0 Å². The minimum atomic E-state index is -0.0512. The van der Waals surface area contributed by atoms with E-state index in [4.69, 9.17) is 4.74 Å². The van der Waals surface area contributed by atoms with E-state index in [2.05, 4.69) is 44.0 Å². The molecule has 1 aliphatic rings. The molecule has 1 aliphatic heterocycles. The molecular weight excluding hydrogens is 529 g/mol. The van der Waals surface area contributed by atoms with Crippen LogP contribution in [0, 0.1) is 0 Å². The summed E-state index contributed by atoms with van der Waals surface area (Å²) in [4.78, 5) is 19.0. The number of amides is 1. The molecule has 1 unspecified atom stereocenters. The fourth-order valence-corrected chi connectivity index (χ4v) is 4.06. The third-order valence-corrected chi connectivity index (χ3v) is 5.76. The van der Waals surface area contributed by atoms with Gasteiger partial charge in [-0.15, -0.1) is 24.0 Å². The third-order valence-electron chi connectivity index (χ3n) is 5.76. The Morgan fingerprint density at radius 2 is 1.73 bits per heavy atom. The van der Waals surface area contributed by atoms with E-state index >= 15 is 0 Å². The Morgan fingerprint density at radius 3 is 2.42 bits per heavy atom. The van der Waals surface area contributed by atoms with Crippen LogP contribution in [0.1, 0.15) is 30.0 Å². The van der Waals surface area contributed by atoms with E-state index in [1.807, 2.05) is 36.4 Å². The average Bonchev–Trinajstić information content (AvgIpc) is 3.37. The Kier molecular flexibility index (Phi) is 12.0. The standard InChI is InChI=1S/C25H35N5O2.HI/c1-26-25(29-19-24(31)27-15-14-20-10-4-3-5-11-20)28-18-22(30-16-8-9-17-30)21-12-6-7-13-23(21)32-2;/h3-7,10-13,22H,8-9,14-19H2,1-2H3,(H,27,31)(H2,26,28,29);1H. The molecule has 0 radical (unpaired) electrons.